The molecule has 3 heterocycles. The van der Waals surface area contributed by atoms with Crippen LogP contribution in [-0.2, 0) is 0 Å². The van der Waals surface area contributed by atoms with Crippen molar-refractivity contribution in [2.45, 2.75) is 50.3 Å². The summed E-state index contributed by atoms with van der Waals surface area (Å²) in [5, 5.41) is 0. The van der Waals surface area contributed by atoms with Crippen LogP contribution in [-0.4, -0.2) is 24.1 Å². The zero-order valence-electron chi connectivity index (χ0n) is 18.3. The Morgan fingerprint density at radius 3 is 1.45 bits per heavy atom. The van der Waals surface area contributed by atoms with Crippen LogP contribution in [0.15, 0.2) is 34.1 Å². The molecule has 2 nitrogen and oxygen atoms in total. The molecule has 0 spiro atoms. The van der Waals surface area contributed by atoms with Gasteiger partial charge in [0.2, 0.25) is 0 Å². The first-order valence-electron chi connectivity index (χ1n) is 10.5. The smallest absolute Gasteiger partial charge is 0.160 e. The van der Waals surface area contributed by atoms with E-state index in [2.05, 4.69) is 39.8 Å². The second-order valence-electron chi connectivity index (χ2n) is 8.12. The molecule has 0 saturated carbocycles. The Morgan fingerprint density at radius 2 is 1.13 bits per heavy atom. The van der Waals surface area contributed by atoms with Gasteiger partial charge in [-0.15, -0.1) is 57.5 Å². The zero-order chi connectivity index (χ0) is 22.4. The lowest BCUT2D eigenvalue weighted by Crippen LogP contribution is -1.92. The van der Waals surface area contributed by atoms with E-state index in [1.807, 2.05) is 35.7 Å². The van der Waals surface area contributed by atoms with Crippen molar-refractivity contribution in [3.05, 3.63) is 34.0 Å². The summed E-state index contributed by atoms with van der Waals surface area (Å²) in [7, 11) is 0. The number of rotatable bonds is 12. The van der Waals surface area contributed by atoms with E-state index in [9.17, 15) is 9.59 Å². The van der Waals surface area contributed by atoms with Crippen molar-refractivity contribution in [3.63, 3.8) is 0 Å². The van der Waals surface area contributed by atoms with E-state index in [1.165, 1.54) is 32.4 Å². The van der Waals surface area contributed by atoms with E-state index in [-0.39, 0.29) is 0 Å². The lowest BCUT2D eigenvalue weighted by Gasteiger charge is -2.10. The Bertz CT molecular complexity index is 931. The van der Waals surface area contributed by atoms with Gasteiger partial charge in [0.25, 0.3) is 0 Å². The summed E-state index contributed by atoms with van der Waals surface area (Å²) in [6, 6.07) is 7.97. The quantitative estimate of drug-likeness (QED) is 0.180. The summed E-state index contributed by atoms with van der Waals surface area (Å²) in [5.41, 5.74) is 0. The molecule has 0 aromatic carbocycles. The molecule has 3 aromatic heterocycles. The topological polar surface area (TPSA) is 34.1 Å². The van der Waals surface area contributed by atoms with Gasteiger partial charge in [-0.25, -0.2) is 0 Å². The van der Waals surface area contributed by atoms with Gasteiger partial charge in [0, 0.05) is 19.5 Å². The third kappa shape index (κ3) is 6.57. The molecule has 0 unspecified atom stereocenters. The first-order valence-corrected chi connectivity index (χ1v) is 14.9. The molecule has 0 atom stereocenters. The molecule has 0 aliphatic carbocycles. The monoisotopic (exact) mass is 508 g/mol. The van der Waals surface area contributed by atoms with E-state index >= 15 is 0 Å². The maximum atomic E-state index is 11.3. The fraction of sp³-hybridized carbons (Fsp3) is 0.417. The minimum atomic E-state index is 0.668. The van der Waals surface area contributed by atoms with Crippen molar-refractivity contribution in [2.75, 3.05) is 11.5 Å². The molecule has 3 aromatic rings. The summed E-state index contributed by atoms with van der Waals surface area (Å²) < 4.78 is 0. The van der Waals surface area contributed by atoms with Crippen LogP contribution >= 0.6 is 57.5 Å². The molecular weight excluding hydrogens is 481 g/mol. The maximum Gasteiger partial charge on any atom is 0.160 e. The second-order valence-corrected chi connectivity index (χ2v) is 13.6. The first kappa shape index (κ1) is 24.8. The highest BCUT2D eigenvalue weighted by molar-refractivity contribution is 8.02. The fourth-order valence-electron chi connectivity index (χ4n) is 2.86. The summed E-state index contributed by atoms with van der Waals surface area (Å²) in [5.74, 6) is 3.49. The highest BCUT2D eigenvalue weighted by Crippen LogP contribution is 2.53. The third-order valence-electron chi connectivity index (χ3n) is 4.64. The molecule has 0 radical (unpaired) electrons. The van der Waals surface area contributed by atoms with E-state index in [0.717, 1.165) is 43.6 Å². The second kappa shape index (κ2) is 11.8. The summed E-state index contributed by atoms with van der Waals surface area (Å²) in [6.07, 6.45) is 4.21. The number of aldehydes is 2. The van der Waals surface area contributed by atoms with Gasteiger partial charge in [0.15, 0.2) is 12.6 Å². The Morgan fingerprint density at radius 1 is 0.710 bits per heavy atom. The number of hydrogen-bond acceptors (Lipinski definition) is 7. The highest BCUT2D eigenvalue weighted by Gasteiger charge is 2.23. The third-order valence-corrected chi connectivity index (χ3v) is 10.9. The Labute approximate surface area is 205 Å². The first-order chi connectivity index (χ1) is 14.9. The van der Waals surface area contributed by atoms with Gasteiger partial charge in [-0.1, -0.05) is 27.7 Å². The van der Waals surface area contributed by atoms with Crippen LogP contribution in [0.3, 0.4) is 0 Å². The summed E-state index contributed by atoms with van der Waals surface area (Å²) in [6.45, 7) is 9.06. The highest BCUT2D eigenvalue weighted by atomic mass is 32.2. The SMILES string of the molecule is CC(C)CCSc1c(-c2ccc(C=O)s2)sc(-c2ccc(C=O)s2)c1SCCC(C)C. The van der Waals surface area contributed by atoms with Crippen LogP contribution in [0.25, 0.3) is 19.5 Å². The lowest BCUT2D eigenvalue weighted by molar-refractivity contribution is 0.111. The molecule has 3 rings (SSSR count). The predicted molar refractivity (Wildman–Crippen MR) is 142 cm³/mol. The van der Waals surface area contributed by atoms with Gasteiger partial charge in [-0.05, 0) is 60.4 Å². The number of thiophene rings is 3. The number of carbonyl (C=O) groups excluding carboxylic acids is 2. The molecule has 0 N–H and O–H groups in total. The van der Waals surface area contributed by atoms with E-state index in [4.69, 9.17) is 0 Å². The number of hydrogen-bond donors (Lipinski definition) is 0. The van der Waals surface area contributed by atoms with Gasteiger partial charge in [-0.3, -0.25) is 9.59 Å². The predicted octanol–water partition coefficient (Wildman–Crippen LogP) is 9.11. The molecule has 0 fully saturated rings. The van der Waals surface area contributed by atoms with Crippen molar-refractivity contribution < 1.29 is 9.59 Å². The molecule has 0 amide bonds. The molecule has 0 aliphatic heterocycles. The molecular formula is C24H28O2S5. The molecule has 0 saturated heterocycles. The minimum Gasteiger partial charge on any atom is -0.297 e. The Hall–Kier alpha value is -0.860. The van der Waals surface area contributed by atoms with Crippen LogP contribution in [0.2, 0.25) is 0 Å². The normalized spacial score (nSPS) is 11.5. The summed E-state index contributed by atoms with van der Waals surface area (Å²) in [4.78, 5) is 31.6. The van der Waals surface area contributed by atoms with Crippen molar-refractivity contribution in [1.29, 1.82) is 0 Å². The van der Waals surface area contributed by atoms with Crippen LogP contribution in [0.4, 0.5) is 0 Å². The van der Waals surface area contributed by atoms with Crippen molar-refractivity contribution in [1.82, 2.24) is 0 Å². The van der Waals surface area contributed by atoms with E-state index in [0.29, 0.717) is 11.8 Å². The molecule has 166 valence electrons. The van der Waals surface area contributed by atoms with Gasteiger partial charge >= 0.3 is 0 Å². The average molecular weight is 509 g/mol. The van der Waals surface area contributed by atoms with Gasteiger partial charge < -0.3 is 0 Å². The van der Waals surface area contributed by atoms with Gasteiger partial charge in [0.05, 0.1) is 19.5 Å². The Kier molecular flexibility index (Phi) is 9.47. The zero-order valence-corrected chi connectivity index (χ0v) is 22.4. The van der Waals surface area contributed by atoms with Crippen molar-refractivity contribution in [3.8, 4) is 19.5 Å². The van der Waals surface area contributed by atoms with Gasteiger partial charge in [0.1, 0.15) is 0 Å². The fourth-order valence-corrected chi connectivity index (χ4v) is 9.58. The number of carbonyl (C=O) groups is 2. The average Bonchev–Trinajstić information content (AvgIpc) is 3.46. The largest absolute Gasteiger partial charge is 0.297 e. The van der Waals surface area contributed by atoms with Crippen LogP contribution < -0.4 is 0 Å². The van der Waals surface area contributed by atoms with E-state index in [1.54, 1.807) is 34.0 Å². The van der Waals surface area contributed by atoms with Gasteiger partial charge in [-0.2, -0.15) is 0 Å². The molecule has 0 aliphatic rings. The summed E-state index contributed by atoms with van der Waals surface area (Å²) >= 11 is 8.82. The standard InChI is InChI=1S/C24H28O2S5/c1-15(2)9-11-27-23-21(19-7-5-17(13-25)29-19)31-22(20-8-6-18(14-26)30-20)24(23)28-12-10-16(3)4/h5-8,13-16H,9-12H2,1-4H3. The van der Waals surface area contributed by atoms with Crippen LogP contribution in [0.1, 0.15) is 59.9 Å². The maximum absolute atomic E-state index is 11.3. The van der Waals surface area contributed by atoms with Crippen molar-refractivity contribution >= 4 is 70.1 Å². The Balaban J connectivity index is 2.08. The van der Waals surface area contributed by atoms with Crippen molar-refractivity contribution in [2.24, 2.45) is 11.8 Å². The lowest BCUT2D eigenvalue weighted by atomic mass is 10.2. The number of thioether (sulfide) groups is 2. The minimum absolute atomic E-state index is 0.668. The molecule has 0 bridgehead atoms. The van der Waals surface area contributed by atoms with Crippen LogP contribution in [0.5, 0.6) is 0 Å². The van der Waals surface area contributed by atoms with E-state index < -0.39 is 0 Å². The van der Waals surface area contributed by atoms with Crippen LogP contribution in [0, 0.1) is 11.8 Å². The molecule has 31 heavy (non-hydrogen) atoms. The molecule has 7 heteroatoms.